The summed E-state index contributed by atoms with van der Waals surface area (Å²) in [6.45, 7) is 0.848. The molecule has 3 aromatic carbocycles. The highest BCUT2D eigenvalue weighted by molar-refractivity contribution is 6.32. The van der Waals surface area contributed by atoms with Crippen LogP contribution >= 0.6 is 23.2 Å². The molecule has 0 atom stereocenters. The molecule has 0 aliphatic heterocycles. The maximum Gasteiger partial charge on any atom is 0.271 e. The van der Waals surface area contributed by atoms with E-state index in [1.165, 1.54) is 12.1 Å². The van der Waals surface area contributed by atoms with Crippen LogP contribution in [0.4, 0.5) is 11.4 Å². The van der Waals surface area contributed by atoms with Crippen molar-refractivity contribution >= 4 is 34.6 Å². The lowest BCUT2D eigenvalue weighted by Gasteiger charge is -2.11. The van der Waals surface area contributed by atoms with Gasteiger partial charge < -0.3 is 10.1 Å². The predicted octanol–water partition coefficient (Wildman–Crippen LogP) is 6.09. The molecule has 0 amide bonds. The lowest BCUT2D eigenvalue weighted by atomic mass is 10.2. The molecule has 0 spiro atoms. The van der Waals surface area contributed by atoms with Gasteiger partial charge in [0.05, 0.1) is 9.95 Å². The Morgan fingerprint density at radius 3 is 2.52 bits per heavy atom. The number of hydrogen-bond donors (Lipinski definition) is 1. The van der Waals surface area contributed by atoms with Gasteiger partial charge in [0.1, 0.15) is 12.4 Å². The summed E-state index contributed by atoms with van der Waals surface area (Å²) in [5.74, 6) is 0.579. The maximum absolute atomic E-state index is 10.8. The molecule has 3 aromatic rings. The summed E-state index contributed by atoms with van der Waals surface area (Å²) >= 11 is 12.3. The van der Waals surface area contributed by atoms with Crippen molar-refractivity contribution in [3.05, 3.63) is 98.0 Å². The van der Waals surface area contributed by atoms with E-state index in [2.05, 4.69) is 5.32 Å². The summed E-state index contributed by atoms with van der Waals surface area (Å²) in [4.78, 5) is 10.4. The summed E-state index contributed by atoms with van der Waals surface area (Å²) in [5, 5.41) is 15.1. The van der Waals surface area contributed by atoms with Crippen molar-refractivity contribution in [2.75, 3.05) is 5.32 Å². The van der Waals surface area contributed by atoms with Gasteiger partial charge in [-0.25, -0.2) is 0 Å². The van der Waals surface area contributed by atoms with Crippen molar-refractivity contribution in [1.29, 1.82) is 0 Å². The summed E-state index contributed by atoms with van der Waals surface area (Å²) in [5.41, 5.74) is 2.60. The Labute approximate surface area is 166 Å². The number of ether oxygens (including phenoxy) is 1. The van der Waals surface area contributed by atoms with Crippen LogP contribution in [-0.2, 0) is 13.2 Å². The highest BCUT2D eigenvalue weighted by Gasteiger charge is 2.07. The molecule has 0 saturated heterocycles. The van der Waals surface area contributed by atoms with E-state index in [4.69, 9.17) is 27.9 Å². The number of rotatable bonds is 7. The van der Waals surface area contributed by atoms with E-state index in [9.17, 15) is 10.1 Å². The number of nitrogens with zero attached hydrogens (tertiary/aromatic N) is 1. The molecule has 0 aliphatic rings. The van der Waals surface area contributed by atoms with E-state index in [0.29, 0.717) is 34.6 Å². The molecule has 0 aliphatic carbocycles. The van der Waals surface area contributed by atoms with Gasteiger partial charge in [-0.15, -0.1) is 0 Å². The summed E-state index contributed by atoms with van der Waals surface area (Å²) in [7, 11) is 0. The van der Waals surface area contributed by atoms with E-state index in [1.807, 2.05) is 24.3 Å². The molecule has 0 bridgehead atoms. The first kappa shape index (κ1) is 19.0. The molecule has 0 saturated carbocycles. The zero-order chi connectivity index (χ0) is 19.2. The number of nitro groups is 1. The van der Waals surface area contributed by atoms with Crippen molar-refractivity contribution in [2.45, 2.75) is 13.2 Å². The van der Waals surface area contributed by atoms with Gasteiger partial charge in [-0.1, -0.05) is 47.5 Å². The fraction of sp³-hybridized carbons (Fsp3) is 0.100. The SMILES string of the molecule is O=[N+]([O-])c1cccc(NCc2ccc(OCc3cccc(Cl)c3)c(Cl)c2)c1. The fourth-order valence-corrected chi connectivity index (χ4v) is 2.96. The van der Waals surface area contributed by atoms with Crippen LogP contribution in [0.5, 0.6) is 5.75 Å². The Morgan fingerprint density at radius 1 is 0.963 bits per heavy atom. The Bertz CT molecular complexity index is 963. The minimum absolute atomic E-state index is 0.0443. The molecule has 0 aromatic heterocycles. The Hall–Kier alpha value is -2.76. The molecule has 1 N–H and O–H groups in total. The van der Waals surface area contributed by atoms with Crippen LogP contribution in [-0.4, -0.2) is 4.92 Å². The predicted molar refractivity (Wildman–Crippen MR) is 108 cm³/mol. The molecule has 27 heavy (non-hydrogen) atoms. The van der Waals surface area contributed by atoms with E-state index in [0.717, 1.165) is 11.1 Å². The number of benzene rings is 3. The maximum atomic E-state index is 10.8. The lowest BCUT2D eigenvalue weighted by Crippen LogP contribution is -2.01. The second-order valence-electron chi connectivity index (χ2n) is 5.84. The molecule has 3 rings (SSSR count). The van der Waals surface area contributed by atoms with Gasteiger partial charge in [0, 0.05) is 29.4 Å². The quantitative estimate of drug-likeness (QED) is 0.383. The number of anilines is 1. The van der Waals surface area contributed by atoms with Crippen LogP contribution in [0.2, 0.25) is 10.0 Å². The molecule has 138 valence electrons. The third-order valence-corrected chi connectivity index (χ3v) is 4.36. The van der Waals surface area contributed by atoms with Crippen LogP contribution in [0.25, 0.3) is 0 Å². The van der Waals surface area contributed by atoms with Crippen molar-refractivity contribution in [2.24, 2.45) is 0 Å². The second kappa shape index (κ2) is 8.75. The van der Waals surface area contributed by atoms with Crippen LogP contribution in [0.3, 0.4) is 0 Å². The smallest absolute Gasteiger partial charge is 0.271 e. The minimum atomic E-state index is -0.423. The number of hydrogen-bond acceptors (Lipinski definition) is 4. The zero-order valence-electron chi connectivity index (χ0n) is 14.2. The fourth-order valence-electron chi connectivity index (χ4n) is 2.49. The average molecular weight is 403 g/mol. The molecule has 0 unspecified atom stereocenters. The van der Waals surface area contributed by atoms with Gasteiger partial charge in [-0.3, -0.25) is 10.1 Å². The van der Waals surface area contributed by atoms with Crippen molar-refractivity contribution in [3.8, 4) is 5.75 Å². The number of halogens is 2. The summed E-state index contributed by atoms with van der Waals surface area (Å²) in [6, 6.07) is 19.3. The highest BCUT2D eigenvalue weighted by Crippen LogP contribution is 2.27. The molecule has 0 radical (unpaired) electrons. The number of nitro benzene ring substituents is 1. The molecule has 0 heterocycles. The number of nitrogens with one attached hydrogen (secondary N) is 1. The van der Waals surface area contributed by atoms with Crippen LogP contribution in [0.1, 0.15) is 11.1 Å². The first-order valence-corrected chi connectivity index (χ1v) is 8.91. The third kappa shape index (κ3) is 5.36. The molecule has 7 heteroatoms. The van der Waals surface area contributed by atoms with E-state index < -0.39 is 4.92 Å². The number of non-ortho nitro benzene ring substituents is 1. The largest absolute Gasteiger partial charge is 0.487 e. The first-order chi connectivity index (χ1) is 13.0. The minimum Gasteiger partial charge on any atom is -0.487 e. The van der Waals surface area contributed by atoms with Crippen LogP contribution < -0.4 is 10.1 Å². The standard InChI is InChI=1S/C20H16Cl2N2O3/c21-16-4-1-3-15(9-16)13-27-20-8-7-14(10-19(20)22)12-23-17-5-2-6-18(11-17)24(25)26/h1-11,23H,12-13H2. The van der Waals surface area contributed by atoms with Crippen LogP contribution in [0, 0.1) is 10.1 Å². The van der Waals surface area contributed by atoms with Crippen molar-refractivity contribution in [3.63, 3.8) is 0 Å². The van der Waals surface area contributed by atoms with Crippen molar-refractivity contribution in [1.82, 2.24) is 0 Å². The first-order valence-electron chi connectivity index (χ1n) is 8.15. The Balaban J connectivity index is 1.61. The normalized spacial score (nSPS) is 10.4. The zero-order valence-corrected chi connectivity index (χ0v) is 15.7. The van der Waals surface area contributed by atoms with Gasteiger partial charge in [-0.2, -0.15) is 0 Å². The molecule has 5 nitrogen and oxygen atoms in total. The van der Waals surface area contributed by atoms with Crippen molar-refractivity contribution < 1.29 is 9.66 Å². The lowest BCUT2D eigenvalue weighted by molar-refractivity contribution is -0.384. The Morgan fingerprint density at radius 2 is 1.78 bits per heavy atom. The average Bonchev–Trinajstić information content (AvgIpc) is 2.66. The van der Waals surface area contributed by atoms with E-state index >= 15 is 0 Å². The third-order valence-electron chi connectivity index (χ3n) is 3.83. The van der Waals surface area contributed by atoms with Gasteiger partial charge in [-0.05, 0) is 41.5 Å². The monoisotopic (exact) mass is 402 g/mol. The van der Waals surface area contributed by atoms with Gasteiger partial charge in [0.15, 0.2) is 0 Å². The highest BCUT2D eigenvalue weighted by atomic mass is 35.5. The molecular formula is C20H16Cl2N2O3. The second-order valence-corrected chi connectivity index (χ2v) is 6.69. The Kier molecular flexibility index (Phi) is 6.16. The topological polar surface area (TPSA) is 64.4 Å². The van der Waals surface area contributed by atoms with Crippen LogP contribution in [0.15, 0.2) is 66.7 Å². The van der Waals surface area contributed by atoms with Gasteiger partial charge >= 0.3 is 0 Å². The van der Waals surface area contributed by atoms with Gasteiger partial charge in [0.2, 0.25) is 0 Å². The summed E-state index contributed by atoms with van der Waals surface area (Å²) in [6.07, 6.45) is 0. The van der Waals surface area contributed by atoms with E-state index in [1.54, 1.807) is 30.3 Å². The van der Waals surface area contributed by atoms with E-state index in [-0.39, 0.29) is 5.69 Å². The van der Waals surface area contributed by atoms with Gasteiger partial charge in [0.25, 0.3) is 5.69 Å². The summed E-state index contributed by atoms with van der Waals surface area (Å²) < 4.78 is 5.75. The molecular weight excluding hydrogens is 387 g/mol. The molecule has 0 fully saturated rings.